The quantitative estimate of drug-likeness (QED) is 0.907. The van der Waals surface area contributed by atoms with Gasteiger partial charge in [0.1, 0.15) is 0 Å². The van der Waals surface area contributed by atoms with E-state index in [-0.39, 0.29) is 12.1 Å². The van der Waals surface area contributed by atoms with E-state index in [1.165, 1.54) is 0 Å². The average Bonchev–Trinajstić information content (AvgIpc) is 2.68. The summed E-state index contributed by atoms with van der Waals surface area (Å²) in [6.07, 6.45) is 4.94. The van der Waals surface area contributed by atoms with E-state index in [4.69, 9.17) is 0 Å². The van der Waals surface area contributed by atoms with Gasteiger partial charge in [0.25, 0.3) is 0 Å². The normalized spacial score (nSPS) is 18.0. The standard InChI is InChI=1S/C11H13BrN4O/c12-8-3-1-6-16-9(8)13-10(15-16)14-11(7-17)4-2-5-11/h1,3,6,17H,2,4-5,7H2,(H,14,15). The fourth-order valence-electron chi connectivity index (χ4n) is 2.09. The van der Waals surface area contributed by atoms with E-state index in [1.54, 1.807) is 4.52 Å². The molecule has 5 nitrogen and oxygen atoms in total. The lowest BCUT2D eigenvalue weighted by molar-refractivity contribution is 0.143. The summed E-state index contributed by atoms with van der Waals surface area (Å²) in [6, 6.07) is 3.83. The molecular weight excluding hydrogens is 284 g/mol. The second kappa shape index (κ2) is 3.96. The summed E-state index contributed by atoms with van der Waals surface area (Å²) >= 11 is 3.44. The topological polar surface area (TPSA) is 62.5 Å². The maximum atomic E-state index is 9.39. The molecule has 0 spiro atoms. The Morgan fingerprint density at radius 2 is 2.35 bits per heavy atom. The van der Waals surface area contributed by atoms with Crippen molar-refractivity contribution >= 4 is 27.5 Å². The molecule has 0 radical (unpaired) electrons. The Labute approximate surface area is 107 Å². The number of hydrogen-bond acceptors (Lipinski definition) is 4. The minimum Gasteiger partial charge on any atom is -0.394 e. The molecule has 0 atom stereocenters. The van der Waals surface area contributed by atoms with Gasteiger partial charge in [-0.05, 0) is 47.3 Å². The van der Waals surface area contributed by atoms with Gasteiger partial charge in [-0.3, -0.25) is 0 Å². The lowest BCUT2D eigenvalue weighted by Gasteiger charge is -2.40. The molecule has 0 aliphatic heterocycles. The fourth-order valence-corrected chi connectivity index (χ4v) is 2.51. The van der Waals surface area contributed by atoms with Crippen LogP contribution in [-0.4, -0.2) is 31.9 Å². The van der Waals surface area contributed by atoms with E-state index in [9.17, 15) is 5.11 Å². The molecule has 2 N–H and O–H groups in total. The molecule has 6 heteroatoms. The molecule has 1 aliphatic rings. The summed E-state index contributed by atoms with van der Waals surface area (Å²) in [7, 11) is 0. The number of aromatic nitrogens is 3. The van der Waals surface area contributed by atoms with E-state index in [2.05, 4.69) is 31.3 Å². The summed E-state index contributed by atoms with van der Waals surface area (Å²) < 4.78 is 2.63. The van der Waals surface area contributed by atoms with Crippen LogP contribution in [0.25, 0.3) is 5.65 Å². The molecular formula is C11H13BrN4O. The molecule has 1 saturated carbocycles. The smallest absolute Gasteiger partial charge is 0.243 e. The maximum Gasteiger partial charge on any atom is 0.243 e. The number of rotatable bonds is 3. The van der Waals surface area contributed by atoms with Crippen LogP contribution in [0.4, 0.5) is 5.95 Å². The van der Waals surface area contributed by atoms with Gasteiger partial charge in [-0.15, -0.1) is 5.10 Å². The van der Waals surface area contributed by atoms with Crippen molar-refractivity contribution in [1.29, 1.82) is 0 Å². The Bertz CT molecular complexity index is 544. The van der Waals surface area contributed by atoms with Crippen molar-refractivity contribution in [3.8, 4) is 0 Å². The van der Waals surface area contributed by atoms with Crippen molar-refractivity contribution in [3.05, 3.63) is 22.8 Å². The van der Waals surface area contributed by atoms with E-state index in [1.807, 2.05) is 18.3 Å². The van der Waals surface area contributed by atoms with E-state index in [0.29, 0.717) is 5.95 Å². The highest BCUT2D eigenvalue weighted by atomic mass is 79.9. The zero-order valence-electron chi connectivity index (χ0n) is 9.23. The van der Waals surface area contributed by atoms with Gasteiger partial charge in [0.05, 0.1) is 16.6 Å². The van der Waals surface area contributed by atoms with Crippen LogP contribution in [0.3, 0.4) is 0 Å². The fraction of sp³-hybridized carbons (Fsp3) is 0.455. The molecule has 1 fully saturated rings. The predicted molar refractivity (Wildman–Crippen MR) is 68.0 cm³/mol. The van der Waals surface area contributed by atoms with E-state index < -0.39 is 0 Å². The molecule has 2 aromatic heterocycles. The van der Waals surface area contributed by atoms with Crippen molar-refractivity contribution in [2.24, 2.45) is 0 Å². The van der Waals surface area contributed by atoms with E-state index >= 15 is 0 Å². The first kappa shape index (κ1) is 11.0. The first-order valence-corrected chi connectivity index (χ1v) is 6.42. The third-order valence-electron chi connectivity index (χ3n) is 3.30. The number of hydrogen-bond donors (Lipinski definition) is 2. The van der Waals surface area contributed by atoms with Crippen molar-refractivity contribution in [3.63, 3.8) is 0 Å². The third-order valence-corrected chi connectivity index (χ3v) is 3.92. The minimum absolute atomic E-state index is 0.129. The molecule has 3 rings (SSSR count). The van der Waals surface area contributed by atoms with Gasteiger partial charge in [0, 0.05) is 6.20 Å². The number of anilines is 1. The van der Waals surface area contributed by atoms with Crippen molar-refractivity contribution in [2.45, 2.75) is 24.8 Å². The molecule has 0 aromatic carbocycles. The van der Waals surface area contributed by atoms with Gasteiger partial charge in [-0.1, -0.05) is 0 Å². The molecule has 0 saturated heterocycles. The number of nitrogens with one attached hydrogen (secondary N) is 1. The molecule has 0 bridgehead atoms. The second-order valence-electron chi connectivity index (χ2n) is 4.48. The second-order valence-corrected chi connectivity index (χ2v) is 5.33. The van der Waals surface area contributed by atoms with Crippen LogP contribution in [0.1, 0.15) is 19.3 Å². The molecule has 1 aliphatic carbocycles. The molecule has 17 heavy (non-hydrogen) atoms. The highest BCUT2D eigenvalue weighted by Crippen LogP contribution is 2.34. The van der Waals surface area contributed by atoms with Crippen LogP contribution >= 0.6 is 15.9 Å². The molecule has 0 unspecified atom stereocenters. The Kier molecular flexibility index (Phi) is 2.56. The van der Waals surface area contributed by atoms with E-state index in [0.717, 1.165) is 29.4 Å². The molecule has 2 heterocycles. The first-order valence-electron chi connectivity index (χ1n) is 5.62. The van der Waals surface area contributed by atoms with Crippen LogP contribution in [0.15, 0.2) is 22.8 Å². The highest BCUT2D eigenvalue weighted by Gasteiger charge is 2.37. The summed E-state index contributed by atoms with van der Waals surface area (Å²) in [5, 5.41) is 17.0. The van der Waals surface area contributed by atoms with Crippen LogP contribution in [-0.2, 0) is 0 Å². The largest absolute Gasteiger partial charge is 0.394 e. The SMILES string of the molecule is OCC1(Nc2nc3c(Br)cccn3n2)CCC1. The Morgan fingerprint density at radius 1 is 1.53 bits per heavy atom. The Balaban J connectivity index is 1.93. The number of nitrogens with zero attached hydrogens (tertiary/aromatic N) is 3. The summed E-state index contributed by atoms with van der Waals surface area (Å²) in [5.41, 5.74) is 0.569. The van der Waals surface area contributed by atoms with Crippen molar-refractivity contribution in [1.82, 2.24) is 14.6 Å². The van der Waals surface area contributed by atoms with Gasteiger partial charge in [-0.2, -0.15) is 4.98 Å². The average molecular weight is 297 g/mol. The summed E-state index contributed by atoms with van der Waals surface area (Å²) in [6.45, 7) is 0.129. The number of fused-ring (bicyclic) bond motifs is 1. The first-order chi connectivity index (χ1) is 8.22. The highest BCUT2D eigenvalue weighted by molar-refractivity contribution is 9.10. The van der Waals surface area contributed by atoms with Gasteiger partial charge >= 0.3 is 0 Å². The van der Waals surface area contributed by atoms with Gasteiger partial charge in [0.15, 0.2) is 5.65 Å². The molecule has 2 aromatic rings. The Hall–Kier alpha value is -1.14. The number of aliphatic hydroxyl groups excluding tert-OH is 1. The van der Waals surface area contributed by atoms with Gasteiger partial charge in [0.2, 0.25) is 5.95 Å². The van der Waals surface area contributed by atoms with Gasteiger partial charge < -0.3 is 10.4 Å². The predicted octanol–water partition coefficient (Wildman–Crippen LogP) is 1.82. The monoisotopic (exact) mass is 296 g/mol. The van der Waals surface area contributed by atoms with Gasteiger partial charge in [-0.25, -0.2) is 4.52 Å². The summed E-state index contributed by atoms with van der Waals surface area (Å²) in [5.74, 6) is 0.575. The zero-order valence-corrected chi connectivity index (χ0v) is 10.8. The zero-order chi connectivity index (χ0) is 11.9. The van der Waals surface area contributed by atoms with Crippen LogP contribution in [0.2, 0.25) is 0 Å². The molecule has 90 valence electrons. The number of halogens is 1. The Morgan fingerprint density at radius 3 is 2.94 bits per heavy atom. The minimum atomic E-state index is -0.211. The lowest BCUT2D eigenvalue weighted by atomic mass is 9.77. The lowest BCUT2D eigenvalue weighted by Crippen LogP contribution is -2.48. The maximum absolute atomic E-state index is 9.39. The van der Waals surface area contributed by atoms with Crippen LogP contribution < -0.4 is 5.32 Å². The third kappa shape index (κ3) is 1.81. The van der Waals surface area contributed by atoms with Crippen molar-refractivity contribution in [2.75, 3.05) is 11.9 Å². The van der Waals surface area contributed by atoms with Crippen molar-refractivity contribution < 1.29 is 5.11 Å². The summed E-state index contributed by atoms with van der Waals surface area (Å²) in [4.78, 5) is 4.41. The number of aliphatic hydroxyl groups is 1. The van der Waals surface area contributed by atoms with Crippen LogP contribution in [0, 0.1) is 0 Å². The number of pyridine rings is 1. The van der Waals surface area contributed by atoms with Crippen LogP contribution in [0.5, 0.6) is 0 Å². The molecule has 0 amide bonds.